The number of carbonyl (C=O) groups excluding carboxylic acids is 2. The quantitative estimate of drug-likeness (QED) is 0.503. The zero-order chi connectivity index (χ0) is 24.6. The van der Waals surface area contributed by atoms with E-state index in [-0.39, 0.29) is 23.9 Å². The van der Waals surface area contributed by atoms with Gasteiger partial charge in [0.1, 0.15) is 12.2 Å². The lowest BCUT2D eigenvalue weighted by atomic mass is 10.1. The number of rotatable bonds is 6. The summed E-state index contributed by atoms with van der Waals surface area (Å²) in [5.41, 5.74) is 0.888. The van der Waals surface area contributed by atoms with Crippen LogP contribution in [0.25, 0.3) is 10.8 Å². The summed E-state index contributed by atoms with van der Waals surface area (Å²) in [4.78, 5) is 24.1. The minimum Gasteiger partial charge on any atom is -0.441 e. The Kier molecular flexibility index (Phi) is 6.28. The van der Waals surface area contributed by atoms with E-state index in [2.05, 4.69) is 10.0 Å². The molecular formula is C25H24N2O7S. The molecule has 0 saturated carbocycles. The molecule has 2 aliphatic heterocycles. The fourth-order valence-electron chi connectivity index (χ4n) is 4.37. The largest absolute Gasteiger partial charge is 0.441 e. The highest BCUT2D eigenvalue weighted by Gasteiger charge is 2.50. The van der Waals surface area contributed by atoms with Gasteiger partial charge < -0.3 is 14.2 Å². The molecule has 0 aromatic heterocycles. The standard InChI is InChI=1S/C25H24N2O7S/c1-15(28)17-7-4-8-19(11-17)26-25(29)34-22-14-33-23-21(13-32-24(22)23)27-35(30,31)20-10-9-16-5-2-3-6-18(16)12-20/h2-12,21-24,27H,13-14H2,1H3,(H,26,29). The number of nitrogens with one attached hydrogen (secondary N) is 2. The highest BCUT2D eigenvalue weighted by Crippen LogP contribution is 2.30. The zero-order valence-electron chi connectivity index (χ0n) is 18.8. The Morgan fingerprint density at radius 2 is 1.69 bits per heavy atom. The van der Waals surface area contributed by atoms with Crippen molar-refractivity contribution in [3.8, 4) is 0 Å². The van der Waals surface area contributed by atoms with Crippen LogP contribution in [0.4, 0.5) is 10.5 Å². The van der Waals surface area contributed by atoms with E-state index < -0.39 is 40.5 Å². The molecule has 0 aliphatic carbocycles. The fourth-order valence-corrected chi connectivity index (χ4v) is 5.64. The van der Waals surface area contributed by atoms with Gasteiger partial charge in [0.25, 0.3) is 0 Å². The summed E-state index contributed by atoms with van der Waals surface area (Å²) in [6, 6.07) is 18.3. The van der Waals surface area contributed by atoms with Crippen molar-refractivity contribution in [3.63, 3.8) is 0 Å². The molecule has 5 rings (SSSR count). The van der Waals surface area contributed by atoms with Crippen molar-refractivity contribution in [2.45, 2.75) is 36.2 Å². The number of carbonyl (C=O) groups is 2. The smallest absolute Gasteiger partial charge is 0.412 e. The van der Waals surface area contributed by atoms with E-state index >= 15 is 0 Å². The molecule has 2 fully saturated rings. The molecule has 3 aromatic rings. The van der Waals surface area contributed by atoms with Gasteiger partial charge in [-0.05, 0) is 42.0 Å². The molecule has 4 atom stereocenters. The number of fused-ring (bicyclic) bond motifs is 2. The number of sulfonamides is 1. The average molecular weight is 497 g/mol. The molecule has 2 aliphatic rings. The topological polar surface area (TPSA) is 120 Å². The van der Waals surface area contributed by atoms with Crippen molar-refractivity contribution in [1.82, 2.24) is 4.72 Å². The third-order valence-corrected chi connectivity index (χ3v) is 7.61. The highest BCUT2D eigenvalue weighted by molar-refractivity contribution is 7.89. The van der Waals surface area contributed by atoms with Crippen molar-refractivity contribution in [2.75, 3.05) is 18.5 Å². The number of anilines is 1. The Balaban J connectivity index is 1.22. The van der Waals surface area contributed by atoms with Crippen LogP contribution in [0.3, 0.4) is 0 Å². The van der Waals surface area contributed by atoms with E-state index in [9.17, 15) is 18.0 Å². The second-order valence-electron chi connectivity index (χ2n) is 8.54. The number of ketones is 1. The number of Topliss-reactive ketones (excluding diaryl/α,β-unsaturated/α-hetero) is 1. The van der Waals surface area contributed by atoms with Gasteiger partial charge in [0.15, 0.2) is 11.9 Å². The van der Waals surface area contributed by atoms with Crippen LogP contribution in [0, 0.1) is 0 Å². The molecule has 0 bridgehead atoms. The van der Waals surface area contributed by atoms with Crippen molar-refractivity contribution in [1.29, 1.82) is 0 Å². The zero-order valence-corrected chi connectivity index (χ0v) is 19.7. The summed E-state index contributed by atoms with van der Waals surface area (Å²) >= 11 is 0. The van der Waals surface area contributed by atoms with Gasteiger partial charge in [0, 0.05) is 11.3 Å². The minimum absolute atomic E-state index is 0.0739. The van der Waals surface area contributed by atoms with Gasteiger partial charge in [-0.15, -0.1) is 0 Å². The summed E-state index contributed by atoms with van der Waals surface area (Å²) in [6.45, 7) is 1.60. The van der Waals surface area contributed by atoms with E-state index in [0.29, 0.717) is 11.3 Å². The number of ether oxygens (including phenoxy) is 3. The number of hydrogen-bond donors (Lipinski definition) is 2. The molecular weight excluding hydrogens is 472 g/mol. The van der Waals surface area contributed by atoms with Crippen LogP contribution in [0.15, 0.2) is 71.6 Å². The van der Waals surface area contributed by atoms with E-state index in [1.807, 2.05) is 24.3 Å². The number of amides is 1. The first kappa shape index (κ1) is 23.4. The van der Waals surface area contributed by atoms with Gasteiger partial charge in [-0.1, -0.05) is 42.5 Å². The Labute approximate surface area is 202 Å². The third-order valence-electron chi connectivity index (χ3n) is 6.12. The predicted molar refractivity (Wildman–Crippen MR) is 128 cm³/mol. The van der Waals surface area contributed by atoms with Crippen molar-refractivity contribution >= 4 is 38.4 Å². The lowest BCUT2D eigenvalue weighted by molar-refractivity contribution is 0.00883. The lowest BCUT2D eigenvalue weighted by Gasteiger charge is -2.18. The second kappa shape index (κ2) is 9.38. The summed E-state index contributed by atoms with van der Waals surface area (Å²) in [7, 11) is -3.82. The van der Waals surface area contributed by atoms with Crippen molar-refractivity contribution in [2.24, 2.45) is 0 Å². The molecule has 2 saturated heterocycles. The van der Waals surface area contributed by atoms with E-state index in [1.165, 1.54) is 6.92 Å². The van der Waals surface area contributed by atoms with Crippen LogP contribution in [-0.4, -0.2) is 57.9 Å². The lowest BCUT2D eigenvalue weighted by Crippen LogP contribution is -2.44. The van der Waals surface area contributed by atoms with E-state index in [4.69, 9.17) is 14.2 Å². The van der Waals surface area contributed by atoms with Crippen LogP contribution in [0.1, 0.15) is 17.3 Å². The Morgan fingerprint density at radius 1 is 0.914 bits per heavy atom. The van der Waals surface area contributed by atoms with Crippen molar-refractivity contribution < 1.29 is 32.2 Å². The van der Waals surface area contributed by atoms with Crippen LogP contribution < -0.4 is 10.0 Å². The second-order valence-corrected chi connectivity index (χ2v) is 10.3. The summed E-state index contributed by atoms with van der Waals surface area (Å²) in [6.07, 6.45) is -2.62. The predicted octanol–water partition coefficient (Wildman–Crippen LogP) is 3.10. The Hall–Kier alpha value is -3.31. The first-order valence-corrected chi connectivity index (χ1v) is 12.6. The molecule has 4 unspecified atom stereocenters. The molecule has 9 nitrogen and oxygen atoms in total. The summed E-state index contributed by atoms with van der Waals surface area (Å²) in [5.74, 6) is -0.120. The van der Waals surface area contributed by atoms with Crippen LogP contribution in [0.5, 0.6) is 0 Å². The van der Waals surface area contributed by atoms with Crippen molar-refractivity contribution in [3.05, 3.63) is 72.3 Å². The first-order valence-electron chi connectivity index (χ1n) is 11.1. The van der Waals surface area contributed by atoms with Gasteiger partial charge in [-0.25, -0.2) is 17.9 Å². The number of hydrogen-bond acceptors (Lipinski definition) is 7. The van der Waals surface area contributed by atoms with Crippen LogP contribution >= 0.6 is 0 Å². The first-order chi connectivity index (χ1) is 16.8. The molecule has 10 heteroatoms. The Morgan fingerprint density at radius 3 is 2.49 bits per heavy atom. The summed E-state index contributed by atoms with van der Waals surface area (Å²) < 4.78 is 45.7. The molecule has 3 aromatic carbocycles. The Bertz CT molecular complexity index is 1390. The van der Waals surface area contributed by atoms with Gasteiger partial charge in [-0.3, -0.25) is 10.1 Å². The molecule has 2 heterocycles. The van der Waals surface area contributed by atoms with Gasteiger partial charge >= 0.3 is 6.09 Å². The van der Waals surface area contributed by atoms with E-state index in [1.54, 1.807) is 42.5 Å². The molecule has 2 N–H and O–H groups in total. The SMILES string of the molecule is CC(=O)c1cccc(NC(=O)OC2COC3C(NS(=O)(=O)c4ccc5ccccc5c4)COC23)c1. The van der Waals surface area contributed by atoms with Gasteiger partial charge in [0.05, 0.1) is 24.2 Å². The van der Waals surface area contributed by atoms with Gasteiger partial charge in [-0.2, -0.15) is 0 Å². The molecule has 182 valence electrons. The number of benzene rings is 3. The normalized spacial score (nSPS) is 23.7. The average Bonchev–Trinajstić information content (AvgIpc) is 3.42. The maximum atomic E-state index is 13.0. The summed E-state index contributed by atoms with van der Waals surface area (Å²) in [5, 5.41) is 4.36. The monoisotopic (exact) mass is 496 g/mol. The van der Waals surface area contributed by atoms with E-state index in [0.717, 1.165) is 10.8 Å². The minimum atomic E-state index is -3.82. The maximum absolute atomic E-state index is 13.0. The molecule has 35 heavy (non-hydrogen) atoms. The fraction of sp³-hybridized carbons (Fsp3) is 0.280. The highest BCUT2D eigenvalue weighted by atomic mass is 32.2. The molecule has 0 radical (unpaired) electrons. The maximum Gasteiger partial charge on any atom is 0.412 e. The molecule has 1 amide bonds. The van der Waals surface area contributed by atoms with Crippen LogP contribution in [-0.2, 0) is 24.2 Å². The molecule has 0 spiro atoms. The van der Waals surface area contributed by atoms with Gasteiger partial charge in [0.2, 0.25) is 10.0 Å². The third kappa shape index (κ3) is 4.92. The van der Waals surface area contributed by atoms with Crippen LogP contribution in [0.2, 0.25) is 0 Å².